The molecule has 3 rings (SSSR count). The summed E-state index contributed by atoms with van der Waals surface area (Å²) < 4.78 is 0. The molecule has 0 saturated carbocycles. The maximum atomic E-state index is 12.6. The summed E-state index contributed by atoms with van der Waals surface area (Å²) >= 11 is 0. The molecule has 0 radical (unpaired) electrons. The number of piperidine rings is 1. The summed E-state index contributed by atoms with van der Waals surface area (Å²) in [7, 11) is 1.68. The summed E-state index contributed by atoms with van der Waals surface area (Å²) in [5, 5.41) is 20.3. The molecular formula is C22H25N3O5. The lowest BCUT2D eigenvalue weighted by Gasteiger charge is -2.32. The number of amides is 1. The van der Waals surface area contributed by atoms with E-state index in [1.807, 2.05) is 24.3 Å². The van der Waals surface area contributed by atoms with E-state index in [4.69, 9.17) is 5.11 Å². The van der Waals surface area contributed by atoms with Crippen LogP contribution in [0.3, 0.4) is 0 Å². The van der Waals surface area contributed by atoms with Gasteiger partial charge >= 0.3 is 5.97 Å². The van der Waals surface area contributed by atoms with Gasteiger partial charge in [0, 0.05) is 44.0 Å². The number of anilines is 1. The number of hydrogen-bond donors (Lipinski definition) is 1. The number of likely N-dealkylation sites (N-methyl/N-ethyl adjacent to an activating group) is 1. The lowest BCUT2D eigenvalue weighted by molar-refractivity contribution is -0.385. The molecule has 1 fully saturated rings. The molecule has 8 nitrogen and oxygen atoms in total. The van der Waals surface area contributed by atoms with Gasteiger partial charge in [0.1, 0.15) is 0 Å². The first-order chi connectivity index (χ1) is 14.3. The Hall–Kier alpha value is -3.42. The Balaban J connectivity index is 1.63. The van der Waals surface area contributed by atoms with Gasteiger partial charge in [0.15, 0.2) is 0 Å². The summed E-state index contributed by atoms with van der Waals surface area (Å²) in [5.41, 5.74) is 2.31. The highest BCUT2D eigenvalue weighted by Gasteiger charge is 2.24. The SMILES string of the molecule is CN(Cc1cccc(N2CCC(C(=O)O)CC2)c1)C(=O)Cc1ccccc1[N+](=O)[O-]. The van der Waals surface area contributed by atoms with E-state index in [-0.39, 0.29) is 23.9 Å². The summed E-state index contributed by atoms with van der Waals surface area (Å²) in [6, 6.07) is 14.1. The van der Waals surface area contributed by atoms with Gasteiger partial charge in [-0.2, -0.15) is 0 Å². The zero-order valence-corrected chi connectivity index (χ0v) is 16.9. The number of nitrogens with zero attached hydrogens (tertiary/aromatic N) is 3. The van der Waals surface area contributed by atoms with Crippen molar-refractivity contribution in [2.24, 2.45) is 5.92 Å². The Labute approximate surface area is 174 Å². The minimum Gasteiger partial charge on any atom is -0.481 e. The van der Waals surface area contributed by atoms with Crippen molar-refractivity contribution in [2.45, 2.75) is 25.8 Å². The molecule has 8 heteroatoms. The maximum absolute atomic E-state index is 12.6. The van der Waals surface area contributed by atoms with Crippen LogP contribution in [0.2, 0.25) is 0 Å². The van der Waals surface area contributed by atoms with Crippen LogP contribution in [-0.4, -0.2) is 46.9 Å². The number of carbonyl (C=O) groups excluding carboxylic acids is 1. The number of nitro benzene ring substituents is 1. The minimum atomic E-state index is -0.734. The Morgan fingerprint density at radius 3 is 2.53 bits per heavy atom. The molecule has 0 unspecified atom stereocenters. The number of nitro groups is 1. The van der Waals surface area contributed by atoms with E-state index in [0.29, 0.717) is 38.0 Å². The van der Waals surface area contributed by atoms with Crippen LogP contribution in [0.5, 0.6) is 0 Å². The van der Waals surface area contributed by atoms with Crippen LogP contribution >= 0.6 is 0 Å². The monoisotopic (exact) mass is 411 g/mol. The van der Waals surface area contributed by atoms with Crippen LogP contribution in [0.15, 0.2) is 48.5 Å². The number of aliphatic carboxylic acids is 1. The number of carboxylic acids is 1. The van der Waals surface area contributed by atoms with Gasteiger partial charge in [-0.05, 0) is 30.5 Å². The lowest BCUT2D eigenvalue weighted by atomic mass is 9.96. The minimum absolute atomic E-state index is 0.0317. The molecule has 1 amide bonds. The molecule has 0 aromatic heterocycles. The highest BCUT2D eigenvalue weighted by molar-refractivity contribution is 5.79. The predicted octanol–water partition coefficient (Wildman–Crippen LogP) is 3.10. The molecule has 1 aliphatic heterocycles. The fourth-order valence-corrected chi connectivity index (χ4v) is 3.73. The van der Waals surface area contributed by atoms with E-state index in [1.165, 1.54) is 6.07 Å². The third kappa shape index (κ3) is 5.14. The van der Waals surface area contributed by atoms with Crippen molar-refractivity contribution in [1.29, 1.82) is 0 Å². The van der Waals surface area contributed by atoms with Gasteiger partial charge in [-0.25, -0.2) is 0 Å². The van der Waals surface area contributed by atoms with Gasteiger partial charge in [-0.15, -0.1) is 0 Å². The number of benzene rings is 2. The fourth-order valence-electron chi connectivity index (χ4n) is 3.73. The molecule has 1 aliphatic rings. The second kappa shape index (κ2) is 9.39. The van der Waals surface area contributed by atoms with Crippen LogP contribution in [0.1, 0.15) is 24.0 Å². The molecule has 1 heterocycles. The van der Waals surface area contributed by atoms with E-state index in [1.54, 1.807) is 30.1 Å². The standard InChI is InChI=1S/C22H25N3O5/c1-23(21(26)14-18-6-2-3-8-20(18)25(29)30)15-16-5-4-7-19(13-16)24-11-9-17(10-12-24)22(27)28/h2-8,13,17H,9-12,14-15H2,1H3,(H,27,28). The van der Waals surface area contributed by atoms with Crippen LogP contribution in [-0.2, 0) is 22.6 Å². The third-order valence-electron chi connectivity index (χ3n) is 5.50. The van der Waals surface area contributed by atoms with Crippen molar-refractivity contribution in [2.75, 3.05) is 25.0 Å². The Morgan fingerprint density at radius 1 is 1.17 bits per heavy atom. The van der Waals surface area contributed by atoms with Gasteiger partial charge in [-0.1, -0.05) is 30.3 Å². The highest BCUT2D eigenvalue weighted by atomic mass is 16.6. The second-order valence-electron chi connectivity index (χ2n) is 7.58. The smallest absolute Gasteiger partial charge is 0.306 e. The summed E-state index contributed by atoms with van der Waals surface area (Å²) in [6.45, 7) is 1.76. The number of para-hydroxylation sites is 1. The van der Waals surface area contributed by atoms with Gasteiger partial charge < -0.3 is 14.9 Å². The quantitative estimate of drug-likeness (QED) is 0.555. The van der Waals surface area contributed by atoms with Gasteiger partial charge in [0.05, 0.1) is 17.3 Å². The first-order valence-corrected chi connectivity index (χ1v) is 9.88. The van der Waals surface area contributed by atoms with Crippen molar-refractivity contribution in [3.63, 3.8) is 0 Å². The van der Waals surface area contributed by atoms with E-state index in [9.17, 15) is 19.7 Å². The van der Waals surface area contributed by atoms with E-state index < -0.39 is 10.9 Å². The van der Waals surface area contributed by atoms with Crippen LogP contribution in [0, 0.1) is 16.0 Å². The largest absolute Gasteiger partial charge is 0.481 e. The highest BCUT2D eigenvalue weighted by Crippen LogP contribution is 2.25. The Morgan fingerprint density at radius 2 is 1.87 bits per heavy atom. The number of rotatable bonds is 7. The average molecular weight is 411 g/mol. The normalized spacial score (nSPS) is 14.4. The topological polar surface area (TPSA) is 104 Å². The van der Waals surface area contributed by atoms with Crippen LogP contribution in [0.4, 0.5) is 11.4 Å². The van der Waals surface area contributed by atoms with Gasteiger partial charge in [0.2, 0.25) is 5.91 Å². The van der Waals surface area contributed by atoms with Crippen molar-refractivity contribution in [1.82, 2.24) is 4.90 Å². The molecule has 0 atom stereocenters. The van der Waals surface area contributed by atoms with Gasteiger partial charge in [-0.3, -0.25) is 19.7 Å². The first-order valence-electron chi connectivity index (χ1n) is 9.88. The predicted molar refractivity (Wildman–Crippen MR) is 112 cm³/mol. The first kappa shape index (κ1) is 21.3. The Kier molecular flexibility index (Phi) is 6.66. The molecule has 0 bridgehead atoms. The zero-order valence-electron chi connectivity index (χ0n) is 16.9. The summed E-state index contributed by atoms with van der Waals surface area (Å²) in [5.74, 6) is -1.21. The Bertz CT molecular complexity index is 938. The lowest BCUT2D eigenvalue weighted by Crippen LogP contribution is -2.36. The van der Waals surface area contributed by atoms with Crippen molar-refractivity contribution in [3.05, 3.63) is 69.8 Å². The molecular weight excluding hydrogens is 386 g/mol. The maximum Gasteiger partial charge on any atom is 0.306 e. The summed E-state index contributed by atoms with van der Waals surface area (Å²) in [4.78, 5) is 38.2. The molecule has 2 aromatic carbocycles. The van der Waals surface area contributed by atoms with Crippen molar-refractivity contribution >= 4 is 23.3 Å². The average Bonchev–Trinajstić information content (AvgIpc) is 2.74. The number of carbonyl (C=O) groups is 2. The molecule has 1 N–H and O–H groups in total. The fraction of sp³-hybridized carbons (Fsp3) is 0.364. The number of hydrogen-bond acceptors (Lipinski definition) is 5. The van der Waals surface area contributed by atoms with Crippen molar-refractivity contribution in [3.8, 4) is 0 Å². The zero-order chi connectivity index (χ0) is 21.7. The van der Waals surface area contributed by atoms with E-state index >= 15 is 0 Å². The molecule has 1 saturated heterocycles. The van der Waals surface area contributed by atoms with E-state index in [2.05, 4.69) is 4.90 Å². The number of carboxylic acid groups (broad SMARTS) is 1. The van der Waals surface area contributed by atoms with Crippen LogP contribution < -0.4 is 4.90 Å². The molecule has 0 spiro atoms. The van der Waals surface area contributed by atoms with Crippen molar-refractivity contribution < 1.29 is 19.6 Å². The molecule has 0 aliphatic carbocycles. The summed E-state index contributed by atoms with van der Waals surface area (Å²) in [6.07, 6.45) is 1.21. The van der Waals surface area contributed by atoms with Gasteiger partial charge in [0.25, 0.3) is 5.69 Å². The molecule has 2 aromatic rings. The third-order valence-corrected chi connectivity index (χ3v) is 5.50. The van der Waals surface area contributed by atoms with Crippen LogP contribution in [0.25, 0.3) is 0 Å². The molecule has 30 heavy (non-hydrogen) atoms. The second-order valence-corrected chi connectivity index (χ2v) is 7.58. The van der Waals surface area contributed by atoms with E-state index in [0.717, 1.165) is 11.3 Å². The molecule has 158 valence electrons.